The van der Waals surface area contributed by atoms with E-state index in [-0.39, 0.29) is 11.7 Å². The number of morpholine rings is 1. The minimum Gasteiger partial charge on any atom is -0.480 e. The Bertz CT molecular complexity index is 300. The van der Waals surface area contributed by atoms with Crippen molar-refractivity contribution in [2.75, 3.05) is 32.1 Å². The van der Waals surface area contributed by atoms with Crippen molar-refractivity contribution in [3.05, 3.63) is 0 Å². The average Bonchev–Trinajstić information content (AvgIpc) is 2.28. The molecule has 0 aliphatic carbocycles. The minimum absolute atomic E-state index is 0.229. The van der Waals surface area contributed by atoms with Gasteiger partial charge in [0, 0.05) is 23.9 Å². The Kier molecular flexibility index (Phi) is 4.88. The number of carbonyl (C=O) groups excluding carboxylic acids is 1. The zero-order valence-corrected chi connectivity index (χ0v) is 9.87. The number of aliphatic carboxylic acids is 1. The van der Waals surface area contributed by atoms with Crippen molar-refractivity contribution in [1.82, 2.24) is 4.90 Å². The lowest BCUT2D eigenvalue weighted by atomic mass is 10.4. The third-order valence-electron chi connectivity index (χ3n) is 2.37. The molecule has 1 aliphatic heterocycles. The van der Waals surface area contributed by atoms with E-state index in [9.17, 15) is 13.8 Å². The summed E-state index contributed by atoms with van der Waals surface area (Å²) in [4.78, 5) is 23.7. The molecule has 16 heavy (non-hydrogen) atoms. The average molecular weight is 249 g/mol. The molecule has 0 saturated carbocycles. The predicted molar refractivity (Wildman–Crippen MR) is 57.5 cm³/mol. The van der Waals surface area contributed by atoms with Crippen LogP contribution in [0.15, 0.2) is 0 Å². The van der Waals surface area contributed by atoms with Gasteiger partial charge in [-0.3, -0.25) is 13.8 Å². The van der Waals surface area contributed by atoms with Crippen molar-refractivity contribution in [2.45, 2.75) is 12.2 Å². The standard InChI is InChI=1S/C9H15NO5S/c1-7(9(12)13)16(14)6-8(11)10-2-4-15-5-3-10/h7H,2-6H2,1H3,(H,12,13). The summed E-state index contributed by atoms with van der Waals surface area (Å²) >= 11 is 0. The van der Waals surface area contributed by atoms with E-state index < -0.39 is 22.0 Å². The van der Waals surface area contributed by atoms with Crippen LogP contribution >= 0.6 is 0 Å². The normalized spacial score (nSPS) is 20.2. The van der Waals surface area contributed by atoms with Gasteiger partial charge >= 0.3 is 5.97 Å². The minimum atomic E-state index is -1.66. The fraction of sp³-hybridized carbons (Fsp3) is 0.778. The summed E-state index contributed by atoms with van der Waals surface area (Å²) in [5.74, 6) is -1.64. The molecule has 1 fully saturated rings. The number of carboxylic acid groups (broad SMARTS) is 1. The van der Waals surface area contributed by atoms with Gasteiger partial charge in [-0.25, -0.2) is 0 Å². The number of ether oxygens (including phenoxy) is 1. The SMILES string of the molecule is CC(C(=O)O)S(=O)CC(=O)N1CCOCC1. The third kappa shape index (κ3) is 3.57. The van der Waals surface area contributed by atoms with Crippen LogP contribution < -0.4 is 0 Å². The molecule has 0 bridgehead atoms. The molecule has 2 atom stereocenters. The van der Waals surface area contributed by atoms with Crippen LogP contribution in [0.4, 0.5) is 0 Å². The molecular formula is C9H15NO5S. The lowest BCUT2D eigenvalue weighted by Crippen LogP contribution is -2.43. The zero-order valence-electron chi connectivity index (χ0n) is 9.05. The van der Waals surface area contributed by atoms with Crippen molar-refractivity contribution in [3.8, 4) is 0 Å². The molecule has 1 amide bonds. The van der Waals surface area contributed by atoms with Crippen LogP contribution in [-0.4, -0.2) is 63.4 Å². The first-order chi connectivity index (χ1) is 7.52. The van der Waals surface area contributed by atoms with E-state index in [1.807, 2.05) is 0 Å². The first-order valence-corrected chi connectivity index (χ1v) is 6.36. The molecule has 1 aliphatic rings. The van der Waals surface area contributed by atoms with Gasteiger partial charge in [0.1, 0.15) is 11.0 Å². The number of rotatable bonds is 4. The lowest BCUT2D eigenvalue weighted by Gasteiger charge is -2.26. The summed E-state index contributed by atoms with van der Waals surface area (Å²) < 4.78 is 16.6. The molecule has 6 nitrogen and oxygen atoms in total. The van der Waals surface area contributed by atoms with Crippen LogP contribution in [0.5, 0.6) is 0 Å². The number of carboxylic acids is 1. The first kappa shape index (κ1) is 13.1. The van der Waals surface area contributed by atoms with E-state index in [0.717, 1.165) is 0 Å². The van der Waals surface area contributed by atoms with E-state index in [0.29, 0.717) is 26.3 Å². The fourth-order valence-corrected chi connectivity index (χ4v) is 2.16. The smallest absolute Gasteiger partial charge is 0.318 e. The second-order valence-electron chi connectivity index (χ2n) is 3.50. The van der Waals surface area contributed by atoms with Gasteiger partial charge in [0.2, 0.25) is 5.91 Å². The summed E-state index contributed by atoms with van der Waals surface area (Å²) in [6.45, 7) is 3.26. The summed E-state index contributed by atoms with van der Waals surface area (Å²) in [5.41, 5.74) is 0. The summed E-state index contributed by atoms with van der Waals surface area (Å²) in [7, 11) is -1.66. The maximum atomic E-state index is 11.6. The molecule has 1 rings (SSSR count). The van der Waals surface area contributed by atoms with Crippen LogP contribution in [-0.2, 0) is 25.1 Å². The van der Waals surface area contributed by atoms with Crippen molar-refractivity contribution in [3.63, 3.8) is 0 Å². The number of nitrogens with zero attached hydrogens (tertiary/aromatic N) is 1. The Morgan fingerprint density at radius 1 is 1.44 bits per heavy atom. The summed E-state index contributed by atoms with van der Waals surface area (Å²) in [5, 5.41) is 7.63. The molecule has 1 heterocycles. The second kappa shape index (κ2) is 5.95. The van der Waals surface area contributed by atoms with Gasteiger partial charge in [-0.2, -0.15) is 0 Å². The molecular weight excluding hydrogens is 234 g/mol. The fourth-order valence-electron chi connectivity index (χ4n) is 1.26. The summed E-state index contributed by atoms with van der Waals surface area (Å²) in [6.07, 6.45) is 0. The molecule has 0 spiro atoms. The first-order valence-electron chi connectivity index (χ1n) is 4.98. The van der Waals surface area contributed by atoms with Crippen molar-refractivity contribution in [2.24, 2.45) is 0 Å². The quantitative estimate of drug-likeness (QED) is 0.695. The molecule has 0 aromatic rings. The van der Waals surface area contributed by atoms with Gasteiger partial charge in [0.15, 0.2) is 0 Å². The van der Waals surface area contributed by atoms with Crippen LogP contribution in [0.2, 0.25) is 0 Å². The highest BCUT2D eigenvalue weighted by molar-refractivity contribution is 7.87. The summed E-state index contributed by atoms with van der Waals surface area (Å²) in [6, 6.07) is 0. The Morgan fingerprint density at radius 2 is 2.00 bits per heavy atom. The van der Waals surface area contributed by atoms with Gasteiger partial charge in [-0.15, -0.1) is 0 Å². The molecule has 92 valence electrons. The topological polar surface area (TPSA) is 83.9 Å². The van der Waals surface area contributed by atoms with E-state index in [1.165, 1.54) is 6.92 Å². The maximum absolute atomic E-state index is 11.6. The highest BCUT2D eigenvalue weighted by atomic mass is 32.2. The molecule has 1 saturated heterocycles. The van der Waals surface area contributed by atoms with Crippen molar-refractivity contribution < 1.29 is 23.6 Å². The number of amides is 1. The van der Waals surface area contributed by atoms with Gasteiger partial charge in [-0.05, 0) is 6.92 Å². The molecule has 2 unspecified atom stereocenters. The van der Waals surface area contributed by atoms with Crippen LogP contribution in [0.1, 0.15) is 6.92 Å². The van der Waals surface area contributed by atoms with Crippen molar-refractivity contribution >= 4 is 22.7 Å². The number of carbonyl (C=O) groups is 2. The van der Waals surface area contributed by atoms with Gasteiger partial charge < -0.3 is 14.7 Å². The predicted octanol–water partition coefficient (Wildman–Crippen LogP) is -0.933. The Balaban J connectivity index is 2.44. The van der Waals surface area contributed by atoms with E-state index >= 15 is 0 Å². The van der Waals surface area contributed by atoms with E-state index in [1.54, 1.807) is 4.90 Å². The lowest BCUT2D eigenvalue weighted by molar-refractivity contribution is -0.136. The molecule has 1 N–H and O–H groups in total. The van der Waals surface area contributed by atoms with E-state index in [4.69, 9.17) is 9.84 Å². The molecule has 0 radical (unpaired) electrons. The highest BCUT2D eigenvalue weighted by Crippen LogP contribution is 2.02. The van der Waals surface area contributed by atoms with Crippen molar-refractivity contribution in [1.29, 1.82) is 0 Å². The zero-order chi connectivity index (χ0) is 12.1. The third-order valence-corrected chi connectivity index (χ3v) is 3.89. The maximum Gasteiger partial charge on any atom is 0.318 e. The highest BCUT2D eigenvalue weighted by Gasteiger charge is 2.24. The van der Waals surface area contributed by atoms with Crippen LogP contribution in [0.25, 0.3) is 0 Å². The van der Waals surface area contributed by atoms with E-state index in [2.05, 4.69) is 0 Å². The van der Waals surface area contributed by atoms with Crippen LogP contribution in [0.3, 0.4) is 0 Å². The van der Waals surface area contributed by atoms with Gasteiger partial charge in [0.05, 0.1) is 13.2 Å². The molecule has 0 aromatic heterocycles. The molecule has 0 aromatic carbocycles. The molecule has 7 heteroatoms. The van der Waals surface area contributed by atoms with Crippen LogP contribution in [0, 0.1) is 0 Å². The Hall–Kier alpha value is -0.950. The number of hydrogen-bond acceptors (Lipinski definition) is 4. The Morgan fingerprint density at radius 3 is 2.50 bits per heavy atom. The number of hydrogen-bond donors (Lipinski definition) is 1. The monoisotopic (exact) mass is 249 g/mol. The van der Waals surface area contributed by atoms with Gasteiger partial charge in [-0.1, -0.05) is 0 Å². The second-order valence-corrected chi connectivity index (χ2v) is 5.26. The van der Waals surface area contributed by atoms with Gasteiger partial charge in [0.25, 0.3) is 0 Å². The Labute approximate surface area is 96.0 Å². The largest absolute Gasteiger partial charge is 0.480 e.